The van der Waals surface area contributed by atoms with Gasteiger partial charge in [0.1, 0.15) is 0 Å². The third-order valence-corrected chi connectivity index (χ3v) is 5.48. The van der Waals surface area contributed by atoms with Crippen LogP contribution < -0.4 is 5.73 Å². The molecule has 0 spiro atoms. The predicted octanol–water partition coefficient (Wildman–Crippen LogP) is 2.31. The van der Waals surface area contributed by atoms with Crippen LogP contribution in [0.2, 0.25) is 0 Å². The highest BCUT2D eigenvalue weighted by Crippen LogP contribution is 2.36. The summed E-state index contributed by atoms with van der Waals surface area (Å²) in [7, 11) is 0. The minimum absolute atomic E-state index is 0.309. The number of piperazine rings is 1. The molecule has 2 fully saturated rings. The third-order valence-electron chi connectivity index (χ3n) is 5.48. The van der Waals surface area contributed by atoms with Gasteiger partial charge in [-0.15, -0.1) is 0 Å². The Labute approximate surface area is 119 Å². The number of hydrogen-bond acceptors (Lipinski definition) is 3. The zero-order valence-electron chi connectivity index (χ0n) is 13.4. The Bertz CT molecular complexity index is 279. The van der Waals surface area contributed by atoms with Crippen LogP contribution in [0.15, 0.2) is 0 Å². The molecule has 1 aliphatic carbocycles. The third kappa shape index (κ3) is 3.32. The van der Waals surface area contributed by atoms with Crippen molar-refractivity contribution in [2.45, 2.75) is 64.5 Å². The fraction of sp³-hybridized carbons (Fsp3) is 1.00. The van der Waals surface area contributed by atoms with Crippen LogP contribution in [0, 0.1) is 5.92 Å². The standard InChI is InChI=1S/C16H33N3/c1-14-5-7-16(13-17,8-6-14)19-11-9-18(10-12-19)15(2,3)4/h14H,5-13,17H2,1-4H3. The highest BCUT2D eigenvalue weighted by molar-refractivity contribution is 4.98. The van der Waals surface area contributed by atoms with Crippen molar-refractivity contribution in [1.82, 2.24) is 9.80 Å². The van der Waals surface area contributed by atoms with E-state index in [0.717, 1.165) is 12.5 Å². The smallest absolute Gasteiger partial charge is 0.0333 e. The van der Waals surface area contributed by atoms with Crippen LogP contribution in [0.4, 0.5) is 0 Å². The van der Waals surface area contributed by atoms with E-state index in [1.165, 1.54) is 51.9 Å². The van der Waals surface area contributed by atoms with E-state index in [1.807, 2.05) is 0 Å². The molecule has 1 saturated heterocycles. The summed E-state index contributed by atoms with van der Waals surface area (Å²) < 4.78 is 0. The average Bonchev–Trinajstić information content (AvgIpc) is 2.39. The predicted molar refractivity (Wildman–Crippen MR) is 82.3 cm³/mol. The number of rotatable bonds is 2. The minimum Gasteiger partial charge on any atom is -0.329 e. The van der Waals surface area contributed by atoms with E-state index < -0.39 is 0 Å². The molecule has 0 radical (unpaired) electrons. The van der Waals surface area contributed by atoms with Crippen LogP contribution in [0.3, 0.4) is 0 Å². The molecule has 2 aliphatic rings. The topological polar surface area (TPSA) is 32.5 Å². The van der Waals surface area contributed by atoms with Gasteiger partial charge in [0.25, 0.3) is 0 Å². The molecule has 19 heavy (non-hydrogen) atoms. The Hall–Kier alpha value is -0.120. The van der Waals surface area contributed by atoms with Gasteiger partial charge in [0, 0.05) is 43.8 Å². The average molecular weight is 267 g/mol. The highest BCUT2D eigenvalue weighted by Gasteiger charge is 2.40. The zero-order chi connectivity index (χ0) is 14.1. The van der Waals surface area contributed by atoms with Gasteiger partial charge >= 0.3 is 0 Å². The van der Waals surface area contributed by atoms with Gasteiger partial charge in [-0.3, -0.25) is 9.80 Å². The molecule has 3 heteroatoms. The Morgan fingerprint density at radius 2 is 1.58 bits per heavy atom. The lowest BCUT2D eigenvalue weighted by atomic mass is 9.75. The molecule has 2 rings (SSSR count). The molecule has 0 bridgehead atoms. The van der Waals surface area contributed by atoms with E-state index >= 15 is 0 Å². The minimum atomic E-state index is 0.309. The van der Waals surface area contributed by atoms with Crippen LogP contribution >= 0.6 is 0 Å². The summed E-state index contributed by atoms with van der Waals surface area (Å²) >= 11 is 0. The maximum Gasteiger partial charge on any atom is 0.0333 e. The van der Waals surface area contributed by atoms with E-state index in [4.69, 9.17) is 5.73 Å². The van der Waals surface area contributed by atoms with Gasteiger partial charge in [-0.1, -0.05) is 6.92 Å². The molecule has 0 atom stereocenters. The molecule has 1 saturated carbocycles. The van der Waals surface area contributed by atoms with E-state index in [9.17, 15) is 0 Å². The second-order valence-corrected chi connectivity index (χ2v) is 7.76. The van der Waals surface area contributed by atoms with Crippen LogP contribution in [0.1, 0.15) is 53.4 Å². The maximum absolute atomic E-state index is 6.18. The quantitative estimate of drug-likeness (QED) is 0.833. The Balaban J connectivity index is 1.95. The monoisotopic (exact) mass is 267 g/mol. The fourth-order valence-electron chi connectivity index (χ4n) is 3.80. The van der Waals surface area contributed by atoms with Crippen molar-refractivity contribution in [2.24, 2.45) is 11.7 Å². The van der Waals surface area contributed by atoms with Gasteiger partial charge in [-0.05, 0) is 52.4 Å². The lowest BCUT2D eigenvalue weighted by Crippen LogP contribution is -2.63. The summed E-state index contributed by atoms with van der Waals surface area (Å²) in [5, 5.41) is 0. The van der Waals surface area contributed by atoms with E-state index in [-0.39, 0.29) is 0 Å². The first-order valence-electron chi connectivity index (χ1n) is 8.07. The number of nitrogens with zero attached hydrogens (tertiary/aromatic N) is 2. The molecule has 0 unspecified atom stereocenters. The van der Waals surface area contributed by atoms with Crippen LogP contribution in [0.5, 0.6) is 0 Å². The lowest BCUT2D eigenvalue weighted by Gasteiger charge is -2.52. The molecular weight excluding hydrogens is 234 g/mol. The molecular formula is C16H33N3. The van der Waals surface area contributed by atoms with Crippen molar-refractivity contribution in [3.8, 4) is 0 Å². The molecule has 0 aromatic carbocycles. The lowest BCUT2D eigenvalue weighted by molar-refractivity contribution is -0.0173. The first-order valence-corrected chi connectivity index (χ1v) is 8.07. The number of hydrogen-bond donors (Lipinski definition) is 1. The normalized spacial score (nSPS) is 35.5. The van der Waals surface area contributed by atoms with Gasteiger partial charge in [-0.2, -0.15) is 0 Å². The zero-order valence-corrected chi connectivity index (χ0v) is 13.4. The van der Waals surface area contributed by atoms with Gasteiger partial charge in [0.15, 0.2) is 0 Å². The summed E-state index contributed by atoms with van der Waals surface area (Å²) in [6.45, 7) is 15.0. The van der Waals surface area contributed by atoms with Gasteiger partial charge < -0.3 is 5.73 Å². The molecule has 1 heterocycles. The second kappa shape index (κ2) is 5.71. The Morgan fingerprint density at radius 1 is 1.05 bits per heavy atom. The summed E-state index contributed by atoms with van der Waals surface area (Å²) in [5.41, 5.74) is 6.80. The van der Waals surface area contributed by atoms with Gasteiger partial charge in [0.05, 0.1) is 0 Å². The largest absolute Gasteiger partial charge is 0.329 e. The molecule has 0 aromatic rings. The summed E-state index contributed by atoms with van der Waals surface area (Å²) in [6, 6.07) is 0. The van der Waals surface area contributed by atoms with Crippen LogP contribution in [-0.2, 0) is 0 Å². The van der Waals surface area contributed by atoms with Crippen molar-refractivity contribution >= 4 is 0 Å². The van der Waals surface area contributed by atoms with Gasteiger partial charge in [-0.25, -0.2) is 0 Å². The molecule has 3 nitrogen and oxygen atoms in total. The van der Waals surface area contributed by atoms with Crippen molar-refractivity contribution in [3.63, 3.8) is 0 Å². The molecule has 0 amide bonds. The van der Waals surface area contributed by atoms with Crippen molar-refractivity contribution in [1.29, 1.82) is 0 Å². The molecule has 112 valence electrons. The van der Waals surface area contributed by atoms with Crippen molar-refractivity contribution < 1.29 is 0 Å². The Morgan fingerprint density at radius 3 is 2.00 bits per heavy atom. The molecule has 0 aromatic heterocycles. The summed E-state index contributed by atoms with van der Waals surface area (Å²) in [6.07, 6.45) is 5.33. The van der Waals surface area contributed by atoms with E-state index in [1.54, 1.807) is 0 Å². The fourth-order valence-corrected chi connectivity index (χ4v) is 3.80. The first-order chi connectivity index (χ1) is 8.87. The van der Waals surface area contributed by atoms with Crippen LogP contribution in [0.25, 0.3) is 0 Å². The van der Waals surface area contributed by atoms with Crippen LogP contribution in [-0.4, -0.2) is 53.6 Å². The molecule has 2 N–H and O–H groups in total. The SMILES string of the molecule is CC1CCC(CN)(N2CCN(C(C)(C)C)CC2)CC1. The Kier molecular flexibility index (Phi) is 4.59. The second-order valence-electron chi connectivity index (χ2n) is 7.76. The van der Waals surface area contributed by atoms with E-state index in [0.29, 0.717) is 11.1 Å². The first kappa shape index (κ1) is 15.3. The molecule has 1 aliphatic heterocycles. The van der Waals surface area contributed by atoms with Gasteiger partial charge in [0.2, 0.25) is 0 Å². The summed E-state index contributed by atoms with van der Waals surface area (Å²) in [5.74, 6) is 0.899. The van der Waals surface area contributed by atoms with E-state index in [2.05, 4.69) is 37.5 Å². The number of nitrogens with two attached hydrogens (primary N) is 1. The van der Waals surface area contributed by atoms with Crippen molar-refractivity contribution in [2.75, 3.05) is 32.7 Å². The van der Waals surface area contributed by atoms with Crippen molar-refractivity contribution in [3.05, 3.63) is 0 Å². The maximum atomic E-state index is 6.18. The summed E-state index contributed by atoms with van der Waals surface area (Å²) in [4.78, 5) is 5.32. The highest BCUT2D eigenvalue weighted by atomic mass is 15.3.